The SMILES string of the molecule is c1cncc(C2CNCCN2Cc2csc(C3CC3)n2)c1. The van der Waals surface area contributed by atoms with Gasteiger partial charge in [-0.3, -0.25) is 9.88 Å². The molecule has 110 valence electrons. The van der Waals surface area contributed by atoms with Gasteiger partial charge in [0.25, 0.3) is 0 Å². The molecule has 1 saturated heterocycles. The lowest BCUT2D eigenvalue weighted by atomic mass is 10.1. The Labute approximate surface area is 129 Å². The summed E-state index contributed by atoms with van der Waals surface area (Å²) in [6.07, 6.45) is 6.49. The highest BCUT2D eigenvalue weighted by Crippen LogP contribution is 2.41. The predicted octanol–water partition coefficient (Wildman–Crippen LogP) is 2.56. The van der Waals surface area contributed by atoms with E-state index in [9.17, 15) is 0 Å². The van der Waals surface area contributed by atoms with Crippen LogP contribution in [-0.4, -0.2) is 34.5 Å². The smallest absolute Gasteiger partial charge is 0.0959 e. The van der Waals surface area contributed by atoms with E-state index in [1.54, 1.807) is 0 Å². The minimum atomic E-state index is 0.401. The summed E-state index contributed by atoms with van der Waals surface area (Å²) in [5.74, 6) is 0.765. The lowest BCUT2D eigenvalue weighted by molar-refractivity contribution is 0.152. The second-order valence-electron chi connectivity index (χ2n) is 5.93. The van der Waals surface area contributed by atoms with Crippen LogP contribution in [0.1, 0.15) is 41.1 Å². The maximum absolute atomic E-state index is 4.84. The number of rotatable bonds is 4. The topological polar surface area (TPSA) is 41.1 Å². The van der Waals surface area contributed by atoms with Crippen LogP contribution in [0, 0.1) is 0 Å². The molecule has 4 nitrogen and oxygen atoms in total. The molecule has 4 rings (SSSR count). The van der Waals surface area contributed by atoms with E-state index in [-0.39, 0.29) is 0 Å². The van der Waals surface area contributed by atoms with Gasteiger partial charge in [-0.2, -0.15) is 0 Å². The lowest BCUT2D eigenvalue weighted by Gasteiger charge is -2.35. The molecule has 0 amide bonds. The third-order valence-corrected chi connectivity index (χ3v) is 5.34. The van der Waals surface area contributed by atoms with Crippen molar-refractivity contribution in [2.75, 3.05) is 19.6 Å². The quantitative estimate of drug-likeness (QED) is 0.942. The van der Waals surface area contributed by atoms with Crippen LogP contribution < -0.4 is 5.32 Å². The van der Waals surface area contributed by atoms with Crippen molar-refractivity contribution in [3.63, 3.8) is 0 Å². The Morgan fingerprint density at radius 3 is 3.14 bits per heavy atom. The molecule has 1 atom stereocenters. The van der Waals surface area contributed by atoms with Gasteiger partial charge in [-0.05, 0) is 24.5 Å². The van der Waals surface area contributed by atoms with E-state index < -0.39 is 0 Å². The van der Waals surface area contributed by atoms with Gasteiger partial charge in [-0.15, -0.1) is 11.3 Å². The second kappa shape index (κ2) is 5.83. The fourth-order valence-electron chi connectivity index (χ4n) is 2.96. The maximum Gasteiger partial charge on any atom is 0.0959 e. The highest BCUT2D eigenvalue weighted by Gasteiger charge is 2.28. The van der Waals surface area contributed by atoms with E-state index in [2.05, 4.69) is 26.6 Å². The second-order valence-corrected chi connectivity index (χ2v) is 6.82. The first-order valence-corrected chi connectivity index (χ1v) is 8.57. The summed E-state index contributed by atoms with van der Waals surface area (Å²) in [6.45, 7) is 4.06. The van der Waals surface area contributed by atoms with Crippen LogP contribution in [0.5, 0.6) is 0 Å². The van der Waals surface area contributed by atoms with E-state index in [1.165, 1.54) is 29.1 Å². The Kier molecular flexibility index (Phi) is 3.71. The first kappa shape index (κ1) is 13.4. The van der Waals surface area contributed by atoms with Crippen molar-refractivity contribution in [3.05, 3.63) is 46.2 Å². The standard InChI is InChI=1S/C16H20N4S/c1-2-13(8-17-5-1)15-9-18-6-7-20(15)10-14-11-21-16(19-14)12-3-4-12/h1-2,5,8,11-12,15,18H,3-4,6-7,9-10H2. The van der Waals surface area contributed by atoms with Crippen molar-refractivity contribution in [1.82, 2.24) is 20.2 Å². The fourth-order valence-corrected chi connectivity index (χ4v) is 3.94. The van der Waals surface area contributed by atoms with E-state index in [4.69, 9.17) is 4.98 Å². The van der Waals surface area contributed by atoms with Gasteiger partial charge in [0.05, 0.1) is 10.7 Å². The molecule has 1 aliphatic heterocycles. The number of aromatic nitrogens is 2. The summed E-state index contributed by atoms with van der Waals surface area (Å²) >= 11 is 1.84. The van der Waals surface area contributed by atoms with E-state index >= 15 is 0 Å². The zero-order chi connectivity index (χ0) is 14.1. The fraction of sp³-hybridized carbons (Fsp3) is 0.500. The van der Waals surface area contributed by atoms with Crippen molar-refractivity contribution >= 4 is 11.3 Å². The van der Waals surface area contributed by atoms with Gasteiger partial charge in [0.1, 0.15) is 0 Å². The van der Waals surface area contributed by atoms with Crippen LogP contribution in [0.2, 0.25) is 0 Å². The Balaban J connectivity index is 1.50. The molecular formula is C16H20N4S. The molecule has 0 radical (unpaired) electrons. The average Bonchev–Trinajstić information content (AvgIpc) is 3.29. The molecule has 2 aromatic heterocycles. The third-order valence-electron chi connectivity index (χ3n) is 4.28. The van der Waals surface area contributed by atoms with Gasteiger partial charge < -0.3 is 5.32 Å². The predicted molar refractivity (Wildman–Crippen MR) is 84.3 cm³/mol. The molecule has 1 unspecified atom stereocenters. The molecule has 2 aliphatic rings. The molecule has 2 fully saturated rings. The minimum Gasteiger partial charge on any atom is -0.314 e. The molecule has 3 heterocycles. The molecule has 21 heavy (non-hydrogen) atoms. The van der Waals surface area contributed by atoms with Crippen molar-refractivity contribution in [3.8, 4) is 0 Å². The Hall–Kier alpha value is -1.30. The van der Waals surface area contributed by atoms with Crippen LogP contribution in [0.25, 0.3) is 0 Å². The summed E-state index contributed by atoms with van der Waals surface area (Å²) in [7, 11) is 0. The zero-order valence-corrected chi connectivity index (χ0v) is 12.9. The van der Waals surface area contributed by atoms with Crippen molar-refractivity contribution in [2.45, 2.75) is 31.3 Å². The number of nitrogens with zero attached hydrogens (tertiary/aromatic N) is 3. The first-order chi connectivity index (χ1) is 10.4. The molecular weight excluding hydrogens is 280 g/mol. The van der Waals surface area contributed by atoms with Gasteiger partial charge in [0.2, 0.25) is 0 Å². The van der Waals surface area contributed by atoms with Gasteiger partial charge in [0, 0.05) is 55.9 Å². The van der Waals surface area contributed by atoms with Crippen LogP contribution >= 0.6 is 11.3 Å². The highest BCUT2D eigenvalue weighted by molar-refractivity contribution is 7.09. The number of nitrogens with one attached hydrogen (secondary N) is 1. The third kappa shape index (κ3) is 3.00. The molecule has 0 aromatic carbocycles. The van der Waals surface area contributed by atoms with Crippen molar-refractivity contribution < 1.29 is 0 Å². The number of piperazine rings is 1. The van der Waals surface area contributed by atoms with Crippen LogP contribution in [0.3, 0.4) is 0 Å². The zero-order valence-electron chi connectivity index (χ0n) is 12.0. The summed E-state index contributed by atoms with van der Waals surface area (Å²) in [5, 5.41) is 7.09. The summed E-state index contributed by atoms with van der Waals surface area (Å²) in [5.41, 5.74) is 2.53. The van der Waals surface area contributed by atoms with Gasteiger partial charge in [-0.25, -0.2) is 4.98 Å². The van der Waals surface area contributed by atoms with Gasteiger partial charge >= 0.3 is 0 Å². The average molecular weight is 300 g/mol. The Morgan fingerprint density at radius 2 is 2.33 bits per heavy atom. The number of hydrogen-bond acceptors (Lipinski definition) is 5. The van der Waals surface area contributed by atoms with Crippen molar-refractivity contribution in [1.29, 1.82) is 0 Å². The lowest BCUT2D eigenvalue weighted by Crippen LogP contribution is -2.45. The molecule has 5 heteroatoms. The molecule has 2 aromatic rings. The minimum absolute atomic E-state index is 0.401. The Morgan fingerprint density at radius 1 is 1.38 bits per heavy atom. The van der Waals surface area contributed by atoms with Crippen LogP contribution in [-0.2, 0) is 6.54 Å². The van der Waals surface area contributed by atoms with Gasteiger partial charge in [-0.1, -0.05) is 6.07 Å². The van der Waals surface area contributed by atoms with Crippen LogP contribution in [0.4, 0.5) is 0 Å². The van der Waals surface area contributed by atoms with Gasteiger partial charge in [0.15, 0.2) is 0 Å². The molecule has 0 spiro atoms. The molecule has 1 N–H and O–H groups in total. The normalized spacial score (nSPS) is 23.3. The maximum atomic E-state index is 4.84. The highest BCUT2D eigenvalue weighted by atomic mass is 32.1. The van der Waals surface area contributed by atoms with E-state index in [0.717, 1.165) is 32.1 Å². The number of thiazole rings is 1. The van der Waals surface area contributed by atoms with Crippen molar-refractivity contribution in [2.24, 2.45) is 0 Å². The monoisotopic (exact) mass is 300 g/mol. The van der Waals surface area contributed by atoms with E-state index in [0.29, 0.717) is 6.04 Å². The largest absolute Gasteiger partial charge is 0.314 e. The molecule has 0 bridgehead atoms. The summed E-state index contributed by atoms with van der Waals surface area (Å²) in [6, 6.07) is 4.60. The first-order valence-electron chi connectivity index (χ1n) is 7.69. The molecule has 1 saturated carbocycles. The van der Waals surface area contributed by atoms with E-state index in [1.807, 2.05) is 29.8 Å². The Bertz CT molecular complexity index is 593. The van der Waals surface area contributed by atoms with Crippen LogP contribution in [0.15, 0.2) is 29.9 Å². The number of hydrogen-bond donors (Lipinski definition) is 1. The summed E-state index contributed by atoms with van der Waals surface area (Å²) < 4.78 is 0. The number of pyridine rings is 1. The summed E-state index contributed by atoms with van der Waals surface area (Å²) in [4.78, 5) is 11.6. The molecule has 1 aliphatic carbocycles.